The molecule has 6 heteroatoms. The Bertz CT molecular complexity index is 562. The topological polar surface area (TPSA) is 60.2 Å². The molecular weight excluding hydrogens is 280 g/mol. The summed E-state index contributed by atoms with van der Waals surface area (Å²) in [4.78, 5) is 14.5. The predicted octanol–water partition coefficient (Wildman–Crippen LogP) is 1.36. The Morgan fingerprint density at radius 2 is 2.09 bits per heavy atom. The lowest BCUT2D eigenvalue weighted by Gasteiger charge is -2.31. The van der Waals surface area contributed by atoms with Gasteiger partial charge in [-0.25, -0.2) is 0 Å². The van der Waals surface area contributed by atoms with Crippen molar-refractivity contribution in [2.24, 2.45) is 5.92 Å². The van der Waals surface area contributed by atoms with Crippen molar-refractivity contribution < 1.29 is 9.53 Å². The van der Waals surface area contributed by atoms with E-state index in [-0.39, 0.29) is 12.0 Å². The van der Waals surface area contributed by atoms with Crippen LogP contribution in [0.5, 0.6) is 0 Å². The third-order valence-corrected chi connectivity index (χ3v) is 5.24. The number of nitrogens with zero attached hydrogens (tertiary/aromatic N) is 4. The molecule has 6 nitrogen and oxygen atoms in total. The number of aromatic nitrogens is 3. The molecule has 0 aromatic carbocycles. The highest BCUT2D eigenvalue weighted by Crippen LogP contribution is 2.37. The molecular formula is C16H24N4O2. The van der Waals surface area contributed by atoms with Gasteiger partial charge in [0.15, 0.2) is 0 Å². The Morgan fingerprint density at radius 3 is 2.86 bits per heavy atom. The maximum absolute atomic E-state index is 12.4. The average Bonchev–Trinajstić information content (AvgIpc) is 2.96. The van der Waals surface area contributed by atoms with Crippen LogP contribution in [0.3, 0.4) is 0 Å². The van der Waals surface area contributed by atoms with E-state index in [1.54, 1.807) is 0 Å². The van der Waals surface area contributed by atoms with Crippen molar-refractivity contribution in [2.75, 3.05) is 19.7 Å². The van der Waals surface area contributed by atoms with Crippen molar-refractivity contribution in [3.63, 3.8) is 0 Å². The third-order valence-electron chi connectivity index (χ3n) is 5.24. The first-order valence-corrected chi connectivity index (χ1v) is 8.60. The summed E-state index contributed by atoms with van der Waals surface area (Å²) in [5.41, 5.74) is 0. The lowest BCUT2D eigenvalue weighted by atomic mass is 9.95. The van der Waals surface area contributed by atoms with Crippen LogP contribution in [0.2, 0.25) is 0 Å². The van der Waals surface area contributed by atoms with E-state index in [0.29, 0.717) is 18.4 Å². The number of rotatable bonds is 4. The fourth-order valence-electron chi connectivity index (χ4n) is 3.90. The minimum absolute atomic E-state index is 0.119. The zero-order chi connectivity index (χ0) is 15.1. The molecule has 22 heavy (non-hydrogen) atoms. The first kappa shape index (κ1) is 14.2. The second kappa shape index (κ2) is 5.65. The Morgan fingerprint density at radius 1 is 1.27 bits per heavy atom. The van der Waals surface area contributed by atoms with E-state index < -0.39 is 0 Å². The van der Waals surface area contributed by atoms with E-state index in [4.69, 9.17) is 4.74 Å². The van der Waals surface area contributed by atoms with Gasteiger partial charge in [-0.1, -0.05) is 0 Å². The van der Waals surface area contributed by atoms with Crippen LogP contribution >= 0.6 is 0 Å². The van der Waals surface area contributed by atoms with Crippen LogP contribution in [0.15, 0.2) is 0 Å². The number of hydrogen-bond acceptors (Lipinski definition) is 4. The summed E-state index contributed by atoms with van der Waals surface area (Å²) in [6.07, 6.45) is 5.35. The van der Waals surface area contributed by atoms with Crippen LogP contribution in [0.25, 0.3) is 0 Å². The molecule has 0 N–H and O–H groups in total. The third kappa shape index (κ3) is 2.43. The quantitative estimate of drug-likeness (QED) is 0.842. The van der Waals surface area contributed by atoms with Crippen LogP contribution in [-0.4, -0.2) is 51.4 Å². The van der Waals surface area contributed by atoms with Gasteiger partial charge in [0, 0.05) is 38.6 Å². The molecule has 4 rings (SSSR count). The lowest BCUT2D eigenvalue weighted by Crippen LogP contribution is -2.39. The van der Waals surface area contributed by atoms with Gasteiger partial charge in [0.2, 0.25) is 5.91 Å². The SMILES string of the molecule is CCO[C@H]1C[C@H]1C(=O)N1CCC(c2nnc3n2CCC3)CC1. The van der Waals surface area contributed by atoms with Crippen LogP contribution in [0.1, 0.15) is 50.2 Å². The molecule has 0 bridgehead atoms. The molecule has 2 fully saturated rings. The van der Waals surface area contributed by atoms with Gasteiger partial charge in [-0.15, -0.1) is 10.2 Å². The van der Waals surface area contributed by atoms with Gasteiger partial charge in [0.1, 0.15) is 11.6 Å². The van der Waals surface area contributed by atoms with E-state index in [1.807, 2.05) is 11.8 Å². The van der Waals surface area contributed by atoms with Crippen molar-refractivity contribution >= 4 is 5.91 Å². The van der Waals surface area contributed by atoms with Gasteiger partial charge in [-0.3, -0.25) is 4.79 Å². The molecule has 1 saturated heterocycles. The van der Waals surface area contributed by atoms with Gasteiger partial charge in [-0.05, 0) is 32.6 Å². The maximum Gasteiger partial charge on any atom is 0.228 e. The number of likely N-dealkylation sites (tertiary alicyclic amines) is 1. The standard InChI is InChI=1S/C16H24N4O2/c1-2-22-13-10-12(13)16(21)19-8-5-11(6-9-19)15-18-17-14-4-3-7-20(14)15/h11-13H,2-10H2,1H3/t12-,13+/m1/s1. The molecule has 120 valence electrons. The highest BCUT2D eigenvalue weighted by Gasteiger charge is 2.46. The summed E-state index contributed by atoms with van der Waals surface area (Å²) in [6.45, 7) is 5.45. The first-order valence-electron chi connectivity index (χ1n) is 8.60. The molecule has 1 aromatic heterocycles. The summed E-state index contributed by atoms with van der Waals surface area (Å²) < 4.78 is 7.84. The molecule has 2 atom stereocenters. The Kier molecular flexibility index (Phi) is 3.64. The van der Waals surface area contributed by atoms with Crippen molar-refractivity contribution in [3.8, 4) is 0 Å². The average molecular weight is 304 g/mol. The highest BCUT2D eigenvalue weighted by molar-refractivity contribution is 5.82. The van der Waals surface area contributed by atoms with Crippen molar-refractivity contribution in [1.29, 1.82) is 0 Å². The number of fused-ring (bicyclic) bond motifs is 1. The maximum atomic E-state index is 12.4. The minimum atomic E-state index is 0.119. The Balaban J connectivity index is 1.34. The van der Waals surface area contributed by atoms with Crippen LogP contribution in [-0.2, 0) is 22.5 Å². The number of hydrogen-bond donors (Lipinski definition) is 0. The van der Waals surface area contributed by atoms with E-state index in [2.05, 4.69) is 14.8 Å². The number of aryl methyl sites for hydroxylation is 1. The fourth-order valence-corrected chi connectivity index (χ4v) is 3.90. The molecule has 1 saturated carbocycles. The molecule has 2 aliphatic heterocycles. The van der Waals surface area contributed by atoms with E-state index in [9.17, 15) is 4.79 Å². The molecule has 0 spiro atoms. The number of ether oxygens (including phenoxy) is 1. The highest BCUT2D eigenvalue weighted by atomic mass is 16.5. The zero-order valence-electron chi connectivity index (χ0n) is 13.2. The summed E-state index contributed by atoms with van der Waals surface area (Å²) >= 11 is 0. The van der Waals surface area contributed by atoms with Gasteiger partial charge >= 0.3 is 0 Å². The number of piperidine rings is 1. The Labute approximate surface area is 130 Å². The van der Waals surface area contributed by atoms with Crippen molar-refractivity contribution in [2.45, 2.75) is 57.6 Å². The monoisotopic (exact) mass is 304 g/mol. The van der Waals surface area contributed by atoms with E-state index in [0.717, 1.165) is 57.0 Å². The molecule has 0 radical (unpaired) electrons. The summed E-state index contributed by atoms with van der Waals surface area (Å²) in [7, 11) is 0. The van der Waals surface area contributed by atoms with Gasteiger partial charge < -0.3 is 14.2 Å². The largest absolute Gasteiger partial charge is 0.378 e. The molecule has 1 aromatic rings. The first-order chi connectivity index (χ1) is 10.8. The number of amides is 1. The van der Waals surface area contributed by atoms with Crippen LogP contribution in [0, 0.1) is 5.92 Å². The lowest BCUT2D eigenvalue weighted by molar-refractivity contribution is -0.134. The fraction of sp³-hybridized carbons (Fsp3) is 0.812. The molecule has 1 aliphatic carbocycles. The second-order valence-corrected chi connectivity index (χ2v) is 6.67. The normalized spacial score (nSPS) is 28.0. The molecule has 3 aliphatic rings. The van der Waals surface area contributed by atoms with Gasteiger partial charge in [0.25, 0.3) is 0 Å². The number of carbonyl (C=O) groups is 1. The van der Waals surface area contributed by atoms with E-state index >= 15 is 0 Å². The minimum Gasteiger partial charge on any atom is -0.378 e. The Hall–Kier alpha value is -1.43. The van der Waals surface area contributed by atoms with Crippen molar-refractivity contribution in [3.05, 3.63) is 11.6 Å². The zero-order valence-corrected chi connectivity index (χ0v) is 13.2. The summed E-state index contributed by atoms with van der Waals surface area (Å²) in [6, 6.07) is 0. The van der Waals surface area contributed by atoms with E-state index in [1.165, 1.54) is 6.42 Å². The van der Waals surface area contributed by atoms with Gasteiger partial charge in [0.05, 0.1) is 12.0 Å². The predicted molar refractivity (Wildman–Crippen MR) is 80.4 cm³/mol. The van der Waals surface area contributed by atoms with Crippen LogP contribution in [0.4, 0.5) is 0 Å². The second-order valence-electron chi connectivity index (χ2n) is 6.67. The number of carbonyl (C=O) groups excluding carboxylic acids is 1. The van der Waals surface area contributed by atoms with Crippen LogP contribution < -0.4 is 0 Å². The summed E-state index contributed by atoms with van der Waals surface area (Å²) in [5.74, 6) is 3.17. The molecule has 0 unspecified atom stereocenters. The molecule has 1 amide bonds. The van der Waals surface area contributed by atoms with Gasteiger partial charge in [-0.2, -0.15) is 0 Å². The smallest absolute Gasteiger partial charge is 0.228 e. The summed E-state index contributed by atoms with van der Waals surface area (Å²) in [5, 5.41) is 8.72. The molecule has 3 heterocycles. The van der Waals surface area contributed by atoms with Crippen molar-refractivity contribution in [1.82, 2.24) is 19.7 Å².